The summed E-state index contributed by atoms with van der Waals surface area (Å²) in [6.45, 7) is 1.88. The lowest BCUT2D eigenvalue weighted by Crippen LogP contribution is -2.43. The van der Waals surface area contributed by atoms with Crippen molar-refractivity contribution in [2.24, 2.45) is 11.8 Å². The molecule has 0 saturated heterocycles. The smallest absolute Gasteiger partial charge is 0.326 e. The van der Waals surface area contributed by atoms with Crippen LogP contribution in [0, 0.1) is 11.8 Å². The van der Waals surface area contributed by atoms with E-state index in [4.69, 9.17) is 5.11 Å². The monoisotopic (exact) mass is 245 g/mol. The quantitative estimate of drug-likeness (QED) is 0.710. The molecule has 0 aliphatic heterocycles. The summed E-state index contributed by atoms with van der Waals surface area (Å²) >= 11 is 1.59. The van der Waals surface area contributed by atoms with E-state index in [9.17, 15) is 9.59 Å². The summed E-state index contributed by atoms with van der Waals surface area (Å²) in [7, 11) is 0. The second kappa shape index (κ2) is 6.13. The van der Waals surface area contributed by atoms with Crippen molar-refractivity contribution >= 4 is 23.6 Å². The summed E-state index contributed by atoms with van der Waals surface area (Å²) in [6.07, 6.45) is 4.60. The van der Waals surface area contributed by atoms with Gasteiger partial charge in [0.25, 0.3) is 0 Å². The van der Waals surface area contributed by atoms with Crippen molar-refractivity contribution in [3.8, 4) is 0 Å². The number of carbonyl (C=O) groups is 2. The number of nitrogens with one attached hydrogen (secondary N) is 1. The summed E-state index contributed by atoms with van der Waals surface area (Å²) in [5.74, 6) is 0.113. The number of carboxylic acids is 1. The Labute approximate surface area is 100 Å². The molecule has 0 aromatic rings. The third-order valence-electron chi connectivity index (χ3n) is 2.97. The van der Waals surface area contributed by atoms with Gasteiger partial charge in [0, 0.05) is 5.92 Å². The van der Waals surface area contributed by atoms with Crippen LogP contribution in [0.25, 0.3) is 0 Å². The Balaban J connectivity index is 2.40. The Hall–Kier alpha value is -0.710. The minimum absolute atomic E-state index is 0.0453. The van der Waals surface area contributed by atoms with Crippen LogP contribution >= 0.6 is 11.8 Å². The van der Waals surface area contributed by atoms with E-state index in [1.807, 2.05) is 13.2 Å². The fourth-order valence-corrected chi connectivity index (χ4v) is 2.08. The van der Waals surface area contributed by atoms with E-state index in [0.717, 1.165) is 18.6 Å². The second-order valence-electron chi connectivity index (χ2n) is 4.31. The largest absolute Gasteiger partial charge is 0.480 e. The Morgan fingerprint density at radius 1 is 1.50 bits per heavy atom. The molecule has 2 atom stereocenters. The van der Waals surface area contributed by atoms with Gasteiger partial charge in [-0.15, -0.1) is 0 Å². The van der Waals surface area contributed by atoms with Gasteiger partial charge in [0.2, 0.25) is 5.91 Å². The van der Waals surface area contributed by atoms with Crippen molar-refractivity contribution in [3.63, 3.8) is 0 Å². The zero-order chi connectivity index (χ0) is 12.1. The van der Waals surface area contributed by atoms with Crippen molar-refractivity contribution in [3.05, 3.63) is 0 Å². The zero-order valence-electron chi connectivity index (χ0n) is 9.73. The lowest BCUT2D eigenvalue weighted by molar-refractivity contribution is -0.142. The molecule has 2 N–H and O–H groups in total. The number of aliphatic carboxylic acids is 1. The van der Waals surface area contributed by atoms with E-state index < -0.39 is 12.0 Å². The van der Waals surface area contributed by atoms with Gasteiger partial charge in [0.15, 0.2) is 0 Å². The van der Waals surface area contributed by atoms with Gasteiger partial charge < -0.3 is 10.4 Å². The molecular formula is C11H19NO3S. The predicted octanol–water partition coefficient (Wildman–Crippen LogP) is 1.35. The summed E-state index contributed by atoms with van der Waals surface area (Å²) in [5, 5.41) is 11.6. The predicted molar refractivity (Wildman–Crippen MR) is 64.5 cm³/mol. The topological polar surface area (TPSA) is 66.4 Å². The number of amides is 1. The molecule has 1 rings (SSSR count). The summed E-state index contributed by atoms with van der Waals surface area (Å²) in [4.78, 5) is 22.6. The minimum Gasteiger partial charge on any atom is -0.480 e. The van der Waals surface area contributed by atoms with Crippen LogP contribution in [0.15, 0.2) is 0 Å². The Morgan fingerprint density at radius 2 is 2.12 bits per heavy atom. The fourth-order valence-electron chi connectivity index (χ4n) is 1.61. The molecule has 0 radical (unpaired) electrons. The molecule has 0 aromatic heterocycles. The van der Waals surface area contributed by atoms with Crippen LogP contribution in [-0.4, -0.2) is 35.0 Å². The molecule has 1 aliphatic rings. The first-order chi connectivity index (χ1) is 7.56. The highest BCUT2D eigenvalue weighted by atomic mass is 32.2. The molecule has 0 heterocycles. The highest BCUT2D eigenvalue weighted by molar-refractivity contribution is 7.98. The van der Waals surface area contributed by atoms with E-state index in [1.54, 1.807) is 11.8 Å². The Morgan fingerprint density at radius 3 is 2.56 bits per heavy atom. The van der Waals surface area contributed by atoms with Crippen LogP contribution in [0.2, 0.25) is 0 Å². The fraction of sp³-hybridized carbons (Fsp3) is 0.818. The van der Waals surface area contributed by atoms with Crippen LogP contribution in [0.1, 0.15) is 26.2 Å². The SMILES string of the molecule is CSCC[C@H](NC(=O)C(C)C1CC1)C(=O)O. The van der Waals surface area contributed by atoms with Crippen LogP contribution in [0.3, 0.4) is 0 Å². The maximum atomic E-state index is 11.7. The molecule has 0 bridgehead atoms. The van der Waals surface area contributed by atoms with Crippen molar-refractivity contribution in [1.82, 2.24) is 5.32 Å². The number of carbonyl (C=O) groups excluding carboxylic acids is 1. The molecule has 1 saturated carbocycles. The molecule has 4 nitrogen and oxygen atoms in total. The normalized spacial score (nSPS) is 18.9. The minimum atomic E-state index is -0.939. The highest BCUT2D eigenvalue weighted by Crippen LogP contribution is 2.36. The van der Waals surface area contributed by atoms with Crippen LogP contribution in [0.5, 0.6) is 0 Å². The number of hydrogen-bond acceptors (Lipinski definition) is 3. The average molecular weight is 245 g/mol. The van der Waals surface area contributed by atoms with Gasteiger partial charge in [-0.2, -0.15) is 11.8 Å². The van der Waals surface area contributed by atoms with Crippen LogP contribution in [-0.2, 0) is 9.59 Å². The first kappa shape index (κ1) is 13.4. The lowest BCUT2D eigenvalue weighted by atomic mass is 10.0. The third kappa shape index (κ3) is 4.04. The number of thioether (sulfide) groups is 1. The summed E-state index contributed by atoms with van der Waals surface area (Å²) in [6, 6.07) is -0.735. The highest BCUT2D eigenvalue weighted by Gasteiger charge is 2.34. The van der Waals surface area contributed by atoms with Crippen molar-refractivity contribution in [2.45, 2.75) is 32.2 Å². The van der Waals surface area contributed by atoms with Crippen molar-refractivity contribution in [2.75, 3.05) is 12.0 Å². The molecule has 1 amide bonds. The van der Waals surface area contributed by atoms with E-state index in [2.05, 4.69) is 5.32 Å². The van der Waals surface area contributed by atoms with Gasteiger partial charge in [-0.05, 0) is 37.2 Å². The third-order valence-corrected chi connectivity index (χ3v) is 3.61. The van der Waals surface area contributed by atoms with Crippen molar-refractivity contribution < 1.29 is 14.7 Å². The summed E-state index contributed by atoms with van der Waals surface area (Å²) in [5.41, 5.74) is 0. The average Bonchev–Trinajstić information content (AvgIpc) is 3.05. The lowest BCUT2D eigenvalue weighted by Gasteiger charge is -2.17. The van der Waals surface area contributed by atoms with Gasteiger partial charge in [-0.25, -0.2) is 4.79 Å². The van der Waals surface area contributed by atoms with E-state index in [0.29, 0.717) is 12.3 Å². The maximum absolute atomic E-state index is 11.7. The molecule has 16 heavy (non-hydrogen) atoms. The van der Waals surface area contributed by atoms with Gasteiger partial charge in [0.1, 0.15) is 6.04 Å². The molecule has 1 fully saturated rings. The molecular weight excluding hydrogens is 226 g/mol. The van der Waals surface area contributed by atoms with Crippen molar-refractivity contribution in [1.29, 1.82) is 0 Å². The maximum Gasteiger partial charge on any atom is 0.326 e. The number of rotatable bonds is 7. The number of hydrogen-bond donors (Lipinski definition) is 2. The van der Waals surface area contributed by atoms with Gasteiger partial charge in [0.05, 0.1) is 0 Å². The summed E-state index contributed by atoms with van der Waals surface area (Å²) < 4.78 is 0. The molecule has 0 aromatic carbocycles. The van der Waals surface area contributed by atoms with Crippen LogP contribution in [0.4, 0.5) is 0 Å². The van der Waals surface area contributed by atoms with E-state index in [1.165, 1.54) is 0 Å². The molecule has 1 aliphatic carbocycles. The van der Waals surface area contributed by atoms with E-state index >= 15 is 0 Å². The Bertz CT molecular complexity index is 266. The molecule has 1 unspecified atom stereocenters. The van der Waals surface area contributed by atoms with Crippen LogP contribution < -0.4 is 5.32 Å². The number of carboxylic acid groups (broad SMARTS) is 1. The van der Waals surface area contributed by atoms with Gasteiger partial charge in [-0.1, -0.05) is 6.92 Å². The molecule has 5 heteroatoms. The van der Waals surface area contributed by atoms with Gasteiger partial charge in [-0.3, -0.25) is 4.79 Å². The molecule has 0 spiro atoms. The first-order valence-corrected chi connectivity index (χ1v) is 6.97. The Kier molecular flexibility index (Phi) is 5.12. The second-order valence-corrected chi connectivity index (χ2v) is 5.29. The molecule has 92 valence electrons. The van der Waals surface area contributed by atoms with Gasteiger partial charge >= 0.3 is 5.97 Å². The standard InChI is InChI=1S/C11H19NO3S/c1-7(8-3-4-8)10(13)12-9(11(14)15)5-6-16-2/h7-9H,3-6H2,1-2H3,(H,12,13)(H,14,15)/t7?,9-/m0/s1. The first-order valence-electron chi connectivity index (χ1n) is 5.58. The van der Waals surface area contributed by atoms with E-state index in [-0.39, 0.29) is 11.8 Å². The zero-order valence-corrected chi connectivity index (χ0v) is 10.5.